The van der Waals surface area contributed by atoms with Gasteiger partial charge >= 0.3 is 6.18 Å². The molecular weight excluding hydrogens is 309 g/mol. The maximum absolute atomic E-state index is 12.5. The zero-order valence-corrected chi connectivity index (χ0v) is 12.4. The van der Waals surface area contributed by atoms with Crippen LogP contribution >= 0.6 is 0 Å². The summed E-state index contributed by atoms with van der Waals surface area (Å²) in [6, 6.07) is 4.23. The molecule has 1 amide bonds. The van der Waals surface area contributed by atoms with Crippen molar-refractivity contribution in [2.24, 2.45) is 0 Å². The number of halogens is 3. The van der Waals surface area contributed by atoms with Crippen LogP contribution in [-0.2, 0) is 12.6 Å². The van der Waals surface area contributed by atoms with E-state index in [2.05, 4.69) is 10.5 Å². The van der Waals surface area contributed by atoms with Gasteiger partial charge in [0.15, 0.2) is 0 Å². The van der Waals surface area contributed by atoms with Crippen molar-refractivity contribution in [3.05, 3.63) is 59.5 Å². The van der Waals surface area contributed by atoms with E-state index in [0.29, 0.717) is 18.6 Å². The third-order valence-electron chi connectivity index (χ3n) is 3.13. The molecule has 4 nitrogen and oxygen atoms in total. The molecule has 0 radical (unpaired) electrons. The largest absolute Gasteiger partial charge is 0.416 e. The van der Waals surface area contributed by atoms with Crippen LogP contribution in [0.1, 0.15) is 35.0 Å². The average molecular weight is 324 g/mol. The van der Waals surface area contributed by atoms with E-state index < -0.39 is 17.6 Å². The molecule has 0 unspecified atom stereocenters. The molecule has 7 heteroatoms. The van der Waals surface area contributed by atoms with Gasteiger partial charge in [0, 0.05) is 12.1 Å². The van der Waals surface area contributed by atoms with Gasteiger partial charge in [0.05, 0.1) is 11.8 Å². The fraction of sp³-hybridized carbons (Fsp3) is 0.250. The summed E-state index contributed by atoms with van der Waals surface area (Å²) >= 11 is 0. The van der Waals surface area contributed by atoms with Gasteiger partial charge in [0.2, 0.25) is 0 Å². The summed E-state index contributed by atoms with van der Waals surface area (Å²) in [6.45, 7) is 1.89. The number of amides is 1. The van der Waals surface area contributed by atoms with Crippen LogP contribution in [0.5, 0.6) is 0 Å². The molecule has 0 aliphatic rings. The summed E-state index contributed by atoms with van der Waals surface area (Å²) in [5.74, 6) is -0.0333. The number of nitrogens with one attached hydrogen (secondary N) is 1. The van der Waals surface area contributed by atoms with Gasteiger partial charge in [-0.3, -0.25) is 4.79 Å². The van der Waals surface area contributed by atoms with Crippen molar-refractivity contribution in [3.8, 4) is 0 Å². The Hall–Kier alpha value is -2.57. The molecule has 0 aliphatic heterocycles. The average Bonchev–Trinajstić information content (AvgIpc) is 2.96. The fourth-order valence-electron chi connectivity index (χ4n) is 1.95. The van der Waals surface area contributed by atoms with E-state index in [4.69, 9.17) is 4.52 Å². The minimum Gasteiger partial charge on any atom is -0.361 e. The summed E-state index contributed by atoms with van der Waals surface area (Å²) < 4.78 is 42.5. The molecule has 23 heavy (non-hydrogen) atoms. The van der Waals surface area contributed by atoms with Crippen LogP contribution in [0.2, 0.25) is 0 Å². The number of carbonyl (C=O) groups excluding carboxylic acids is 1. The molecule has 0 fully saturated rings. The standard InChI is InChI=1S/C16H15F3N2O2/c1-2-3-4-5-14-13(10-20-23-14)15(22)21-12-8-6-11(7-9-12)16(17,18)19/h2-3,6-10H,4-5H2,1H3,(H,21,22)/b3-2+. The molecule has 2 rings (SSSR count). The van der Waals surface area contributed by atoms with Gasteiger partial charge in [-0.1, -0.05) is 17.3 Å². The van der Waals surface area contributed by atoms with E-state index >= 15 is 0 Å². The molecule has 2 aromatic rings. The third-order valence-corrected chi connectivity index (χ3v) is 3.13. The van der Waals surface area contributed by atoms with Crippen LogP contribution in [0, 0.1) is 0 Å². The lowest BCUT2D eigenvalue weighted by molar-refractivity contribution is -0.137. The minimum atomic E-state index is -4.41. The quantitative estimate of drug-likeness (QED) is 0.827. The summed E-state index contributed by atoms with van der Waals surface area (Å²) in [5.41, 5.74) is -0.231. The van der Waals surface area contributed by atoms with Gasteiger partial charge in [-0.15, -0.1) is 0 Å². The number of aryl methyl sites for hydroxylation is 1. The van der Waals surface area contributed by atoms with Gasteiger partial charge in [-0.25, -0.2) is 0 Å². The van der Waals surface area contributed by atoms with Crippen molar-refractivity contribution in [1.82, 2.24) is 5.16 Å². The molecule has 0 atom stereocenters. The molecule has 0 spiro atoms. The number of rotatable bonds is 5. The molecule has 1 aromatic heterocycles. The topological polar surface area (TPSA) is 55.1 Å². The number of hydrogen-bond donors (Lipinski definition) is 1. The van der Waals surface area contributed by atoms with Gasteiger partial charge in [-0.2, -0.15) is 13.2 Å². The van der Waals surface area contributed by atoms with Gasteiger partial charge < -0.3 is 9.84 Å². The molecule has 122 valence electrons. The second kappa shape index (κ2) is 7.13. The molecular formula is C16H15F3N2O2. The first-order chi connectivity index (χ1) is 10.9. The number of alkyl halides is 3. The van der Waals surface area contributed by atoms with E-state index in [0.717, 1.165) is 12.1 Å². The van der Waals surface area contributed by atoms with Crippen molar-refractivity contribution < 1.29 is 22.5 Å². The first-order valence-electron chi connectivity index (χ1n) is 6.95. The van der Waals surface area contributed by atoms with Crippen molar-refractivity contribution in [2.75, 3.05) is 5.32 Å². The normalized spacial score (nSPS) is 11.8. The Kier molecular flexibility index (Phi) is 5.20. The summed E-state index contributed by atoms with van der Waals surface area (Å²) in [5, 5.41) is 6.13. The molecule has 0 bridgehead atoms. The molecule has 0 saturated carbocycles. The van der Waals surface area contributed by atoms with E-state index in [1.54, 1.807) is 0 Å². The van der Waals surface area contributed by atoms with Crippen LogP contribution in [-0.4, -0.2) is 11.1 Å². The summed E-state index contributed by atoms with van der Waals surface area (Å²) in [6.07, 6.45) is 1.92. The lowest BCUT2D eigenvalue weighted by atomic mass is 10.1. The first-order valence-corrected chi connectivity index (χ1v) is 6.95. The number of benzene rings is 1. The number of nitrogens with zero attached hydrogens (tertiary/aromatic N) is 1. The van der Waals surface area contributed by atoms with Crippen molar-refractivity contribution in [1.29, 1.82) is 0 Å². The van der Waals surface area contributed by atoms with Crippen LogP contribution < -0.4 is 5.32 Å². The number of anilines is 1. The molecule has 1 aromatic carbocycles. The molecule has 1 N–H and O–H groups in total. The highest BCUT2D eigenvalue weighted by Crippen LogP contribution is 2.29. The Morgan fingerprint density at radius 3 is 2.61 bits per heavy atom. The van der Waals surface area contributed by atoms with Crippen LogP contribution in [0.3, 0.4) is 0 Å². The van der Waals surface area contributed by atoms with Gasteiger partial charge in [0.25, 0.3) is 5.91 Å². The zero-order valence-electron chi connectivity index (χ0n) is 12.4. The lowest BCUT2D eigenvalue weighted by Crippen LogP contribution is -2.13. The summed E-state index contributed by atoms with van der Waals surface area (Å²) in [7, 11) is 0. The lowest BCUT2D eigenvalue weighted by Gasteiger charge is -2.08. The maximum Gasteiger partial charge on any atom is 0.416 e. The first kappa shape index (κ1) is 16.8. The van der Waals surface area contributed by atoms with E-state index in [1.807, 2.05) is 19.1 Å². The highest BCUT2D eigenvalue weighted by molar-refractivity contribution is 6.04. The Labute approximate surface area is 131 Å². The predicted molar refractivity (Wildman–Crippen MR) is 79.0 cm³/mol. The molecule has 1 heterocycles. The van der Waals surface area contributed by atoms with Crippen molar-refractivity contribution >= 4 is 11.6 Å². The summed E-state index contributed by atoms with van der Waals surface area (Å²) in [4.78, 5) is 12.2. The second-order valence-electron chi connectivity index (χ2n) is 4.80. The van der Waals surface area contributed by atoms with Crippen LogP contribution in [0.25, 0.3) is 0 Å². The van der Waals surface area contributed by atoms with E-state index in [9.17, 15) is 18.0 Å². The van der Waals surface area contributed by atoms with Gasteiger partial charge in [-0.05, 0) is 37.6 Å². The second-order valence-corrected chi connectivity index (χ2v) is 4.80. The van der Waals surface area contributed by atoms with Crippen LogP contribution in [0.4, 0.5) is 18.9 Å². The number of carbonyl (C=O) groups is 1. The molecule has 0 aliphatic carbocycles. The SMILES string of the molecule is C/C=C/CCc1oncc1C(=O)Nc1ccc(C(F)(F)F)cc1. The Morgan fingerprint density at radius 1 is 1.30 bits per heavy atom. The fourth-order valence-corrected chi connectivity index (χ4v) is 1.95. The number of allylic oxidation sites excluding steroid dienone is 2. The van der Waals surface area contributed by atoms with E-state index in [-0.39, 0.29) is 11.3 Å². The monoisotopic (exact) mass is 324 g/mol. The predicted octanol–water partition coefficient (Wildman–Crippen LogP) is 4.45. The Balaban J connectivity index is 2.06. The number of aromatic nitrogens is 1. The number of hydrogen-bond acceptors (Lipinski definition) is 3. The highest BCUT2D eigenvalue weighted by atomic mass is 19.4. The Bertz CT molecular complexity index is 688. The highest BCUT2D eigenvalue weighted by Gasteiger charge is 2.30. The van der Waals surface area contributed by atoms with Gasteiger partial charge in [0.1, 0.15) is 11.3 Å². The zero-order chi connectivity index (χ0) is 16.9. The van der Waals surface area contributed by atoms with Crippen LogP contribution in [0.15, 0.2) is 47.1 Å². The Morgan fingerprint density at radius 2 is 2.00 bits per heavy atom. The third kappa shape index (κ3) is 4.45. The van der Waals surface area contributed by atoms with Crippen molar-refractivity contribution in [3.63, 3.8) is 0 Å². The van der Waals surface area contributed by atoms with Crippen molar-refractivity contribution in [2.45, 2.75) is 25.9 Å². The smallest absolute Gasteiger partial charge is 0.361 e. The minimum absolute atomic E-state index is 0.267. The molecule has 0 saturated heterocycles. The van der Waals surface area contributed by atoms with E-state index in [1.165, 1.54) is 18.3 Å². The maximum atomic E-state index is 12.5.